The highest BCUT2D eigenvalue weighted by molar-refractivity contribution is 4.87. The zero-order valence-corrected chi connectivity index (χ0v) is 12.8. The van der Waals surface area contributed by atoms with E-state index in [4.69, 9.17) is 0 Å². The Balaban J connectivity index is 0. The monoisotopic (exact) mass is 228 g/mol. The van der Waals surface area contributed by atoms with Crippen molar-refractivity contribution in [3.05, 3.63) is 12.4 Å². The molecule has 0 fully saturated rings. The molecule has 0 unspecified atom stereocenters. The molecule has 0 saturated carbocycles. The van der Waals surface area contributed by atoms with Crippen molar-refractivity contribution in [3.8, 4) is 0 Å². The molecule has 0 aromatic rings. The van der Waals surface area contributed by atoms with Crippen LogP contribution in [0.25, 0.3) is 0 Å². The molecule has 0 aliphatic heterocycles. The summed E-state index contributed by atoms with van der Waals surface area (Å²) in [7, 11) is 4.23. The van der Waals surface area contributed by atoms with Crippen LogP contribution in [-0.4, -0.2) is 36.0 Å². The predicted octanol–water partition coefficient (Wildman–Crippen LogP) is 3.80. The number of rotatable bonds is 4. The second-order valence-electron chi connectivity index (χ2n) is 5.41. The van der Waals surface area contributed by atoms with Crippen molar-refractivity contribution in [2.45, 2.75) is 54.0 Å². The molecule has 0 saturated heterocycles. The maximum atomic E-state index is 2.23. The first-order valence-corrected chi connectivity index (χ1v) is 6.35. The van der Waals surface area contributed by atoms with Crippen molar-refractivity contribution in [1.29, 1.82) is 0 Å². The van der Waals surface area contributed by atoms with E-state index in [-0.39, 0.29) is 5.54 Å². The third kappa shape index (κ3) is 9.88. The van der Waals surface area contributed by atoms with Crippen LogP contribution < -0.4 is 0 Å². The molecule has 0 heterocycles. The molecule has 0 bridgehead atoms. The van der Waals surface area contributed by atoms with E-state index < -0.39 is 0 Å². The third-order valence-electron chi connectivity index (χ3n) is 2.26. The topological polar surface area (TPSA) is 6.48 Å². The summed E-state index contributed by atoms with van der Waals surface area (Å²) in [6.45, 7) is 16.2. The quantitative estimate of drug-likeness (QED) is 0.722. The Morgan fingerprint density at radius 2 is 1.44 bits per heavy atom. The predicted molar refractivity (Wildman–Crippen MR) is 75.5 cm³/mol. The van der Waals surface area contributed by atoms with E-state index in [2.05, 4.69) is 70.9 Å². The van der Waals surface area contributed by atoms with E-state index in [0.29, 0.717) is 5.92 Å². The first-order chi connectivity index (χ1) is 7.23. The van der Waals surface area contributed by atoms with Gasteiger partial charge in [-0.1, -0.05) is 27.7 Å². The minimum absolute atomic E-state index is 0.204. The van der Waals surface area contributed by atoms with Crippen LogP contribution in [0.2, 0.25) is 0 Å². The molecule has 0 atom stereocenters. The lowest BCUT2D eigenvalue weighted by Crippen LogP contribution is -2.34. The lowest BCUT2D eigenvalue weighted by molar-refractivity contribution is 0.244. The minimum Gasteiger partial charge on any atom is -0.379 e. The molecule has 98 valence electrons. The van der Waals surface area contributed by atoms with Gasteiger partial charge in [0.1, 0.15) is 0 Å². The second kappa shape index (κ2) is 8.49. The fourth-order valence-corrected chi connectivity index (χ4v) is 1.07. The van der Waals surface area contributed by atoms with Crippen molar-refractivity contribution in [2.75, 3.05) is 20.6 Å². The molecule has 0 spiro atoms. The van der Waals surface area contributed by atoms with Crippen LogP contribution in [-0.2, 0) is 0 Å². The molecule has 0 rings (SSSR count). The summed E-state index contributed by atoms with van der Waals surface area (Å²) in [5.41, 5.74) is 0.204. The molecule has 0 aliphatic rings. The summed E-state index contributed by atoms with van der Waals surface area (Å²) in [5.74, 6) is 0.713. The number of hydrogen-bond acceptors (Lipinski definition) is 2. The van der Waals surface area contributed by atoms with Gasteiger partial charge in [0.05, 0.1) is 0 Å². The molecule has 0 N–H and O–H groups in total. The van der Waals surface area contributed by atoms with Crippen LogP contribution in [0.5, 0.6) is 0 Å². The zero-order valence-electron chi connectivity index (χ0n) is 12.8. The Bertz CT molecular complexity index is 178. The van der Waals surface area contributed by atoms with Gasteiger partial charge in [-0.25, -0.2) is 0 Å². The van der Waals surface area contributed by atoms with Gasteiger partial charge in [0.15, 0.2) is 0 Å². The lowest BCUT2D eigenvalue weighted by Gasteiger charge is -2.31. The number of hydrogen-bond donors (Lipinski definition) is 0. The van der Waals surface area contributed by atoms with Crippen molar-refractivity contribution < 1.29 is 0 Å². The van der Waals surface area contributed by atoms with Gasteiger partial charge >= 0.3 is 0 Å². The standard InChI is InChI=1S/C12H26N2.C2H6/c1-11(2)10-13(6)8-9-14(7)12(3,4)5;1-2/h8-9,11H,10H2,1-7H3;1-2H3/b9-8-;. The molecule has 0 radical (unpaired) electrons. The summed E-state index contributed by atoms with van der Waals surface area (Å²) in [6, 6.07) is 0. The maximum Gasteiger partial charge on any atom is 0.0309 e. The van der Waals surface area contributed by atoms with Crippen LogP contribution in [0.15, 0.2) is 12.4 Å². The van der Waals surface area contributed by atoms with Crippen molar-refractivity contribution >= 4 is 0 Å². The molecule has 0 aromatic carbocycles. The Kier molecular flexibility index (Phi) is 9.40. The summed E-state index contributed by atoms with van der Waals surface area (Å²) in [6.07, 6.45) is 4.29. The smallest absolute Gasteiger partial charge is 0.0309 e. The Morgan fingerprint density at radius 1 is 1.00 bits per heavy atom. The lowest BCUT2D eigenvalue weighted by atomic mass is 10.1. The van der Waals surface area contributed by atoms with E-state index in [1.54, 1.807) is 0 Å². The molecule has 2 nitrogen and oxygen atoms in total. The average Bonchev–Trinajstić information content (AvgIpc) is 2.14. The third-order valence-corrected chi connectivity index (χ3v) is 2.26. The molecular weight excluding hydrogens is 196 g/mol. The first-order valence-electron chi connectivity index (χ1n) is 6.35. The fourth-order valence-electron chi connectivity index (χ4n) is 1.07. The van der Waals surface area contributed by atoms with Crippen LogP contribution in [0, 0.1) is 5.92 Å². The average molecular weight is 228 g/mol. The van der Waals surface area contributed by atoms with Gasteiger partial charge in [-0.15, -0.1) is 0 Å². The van der Waals surface area contributed by atoms with Gasteiger partial charge in [0.25, 0.3) is 0 Å². The first kappa shape index (κ1) is 17.7. The van der Waals surface area contributed by atoms with E-state index in [1.807, 2.05) is 13.8 Å². The van der Waals surface area contributed by atoms with Crippen LogP contribution >= 0.6 is 0 Å². The highest BCUT2D eigenvalue weighted by Crippen LogP contribution is 2.10. The van der Waals surface area contributed by atoms with Gasteiger partial charge in [-0.2, -0.15) is 0 Å². The maximum absolute atomic E-state index is 2.23. The minimum atomic E-state index is 0.204. The summed E-state index contributed by atoms with van der Waals surface area (Å²) < 4.78 is 0. The van der Waals surface area contributed by atoms with Gasteiger partial charge in [0, 0.05) is 38.6 Å². The Labute approximate surface area is 103 Å². The van der Waals surface area contributed by atoms with Crippen LogP contribution in [0.4, 0.5) is 0 Å². The van der Waals surface area contributed by atoms with E-state index >= 15 is 0 Å². The van der Waals surface area contributed by atoms with Crippen LogP contribution in [0.3, 0.4) is 0 Å². The van der Waals surface area contributed by atoms with Gasteiger partial charge in [-0.05, 0) is 26.7 Å². The zero-order chi connectivity index (χ0) is 13.4. The molecule has 2 heteroatoms. The van der Waals surface area contributed by atoms with Crippen molar-refractivity contribution in [1.82, 2.24) is 9.80 Å². The Hall–Kier alpha value is -0.660. The molecule has 0 amide bonds. The molecular formula is C14H32N2. The summed E-state index contributed by atoms with van der Waals surface area (Å²) in [5, 5.41) is 0. The number of nitrogens with zero attached hydrogens (tertiary/aromatic N) is 2. The Morgan fingerprint density at radius 3 is 1.75 bits per heavy atom. The SMILES string of the molecule is CC.CC(C)CN(C)/C=C\N(C)C(C)(C)C. The summed E-state index contributed by atoms with van der Waals surface area (Å²) in [4.78, 5) is 4.46. The van der Waals surface area contributed by atoms with Crippen molar-refractivity contribution in [2.24, 2.45) is 5.92 Å². The summed E-state index contributed by atoms with van der Waals surface area (Å²) >= 11 is 0. The molecule has 0 aromatic heterocycles. The van der Waals surface area contributed by atoms with Gasteiger partial charge < -0.3 is 9.80 Å². The molecule has 16 heavy (non-hydrogen) atoms. The van der Waals surface area contributed by atoms with E-state index in [0.717, 1.165) is 6.54 Å². The van der Waals surface area contributed by atoms with Crippen LogP contribution in [0.1, 0.15) is 48.5 Å². The van der Waals surface area contributed by atoms with Crippen molar-refractivity contribution in [3.63, 3.8) is 0 Å². The van der Waals surface area contributed by atoms with E-state index in [9.17, 15) is 0 Å². The molecule has 0 aliphatic carbocycles. The van der Waals surface area contributed by atoms with E-state index in [1.165, 1.54) is 0 Å². The largest absolute Gasteiger partial charge is 0.379 e. The normalized spacial score (nSPS) is 11.4. The van der Waals surface area contributed by atoms with Gasteiger partial charge in [-0.3, -0.25) is 0 Å². The van der Waals surface area contributed by atoms with Gasteiger partial charge in [0.2, 0.25) is 0 Å². The highest BCUT2D eigenvalue weighted by atomic mass is 15.2. The second-order valence-corrected chi connectivity index (χ2v) is 5.41. The fraction of sp³-hybridized carbons (Fsp3) is 0.857. The highest BCUT2D eigenvalue weighted by Gasteiger charge is 2.12.